The fourth-order valence-corrected chi connectivity index (χ4v) is 2.28. The lowest BCUT2D eigenvalue weighted by atomic mass is 9.84. The Morgan fingerprint density at radius 3 is 2.16 bits per heavy atom. The normalized spacial score (nSPS) is 26.5. The van der Waals surface area contributed by atoms with Crippen LogP contribution in [0.4, 0.5) is 0 Å². The quantitative estimate of drug-likeness (QED) is 0.481. The lowest BCUT2D eigenvalue weighted by Crippen LogP contribution is -2.46. The van der Waals surface area contributed by atoms with Crippen molar-refractivity contribution in [2.24, 2.45) is 5.92 Å². The maximum Gasteiger partial charge on any atom is 0.316 e. The number of hydrogen-bond donors (Lipinski definition) is 0. The molecule has 0 bridgehead atoms. The van der Waals surface area contributed by atoms with Gasteiger partial charge >= 0.3 is 11.9 Å². The Morgan fingerprint density at radius 1 is 1.05 bits per heavy atom. The molecule has 0 saturated heterocycles. The largest absolute Gasteiger partial charge is 0.550 e. The van der Waals surface area contributed by atoms with Crippen LogP contribution in [-0.4, -0.2) is 40.8 Å². The third kappa shape index (κ3) is 5.10. The van der Waals surface area contributed by atoms with Gasteiger partial charge in [-0.2, -0.15) is 0 Å². The summed E-state index contributed by atoms with van der Waals surface area (Å²) in [5.41, 5.74) is 0. The van der Waals surface area contributed by atoms with E-state index in [0.29, 0.717) is 6.42 Å². The summed E-state index contributed by atoms with van der Waals surface area (Å²) < 4.78 is 10.2. The van der Waals surface area contributed by atoms with E-state index < -0.39 is 36.0 Å². The van der Waals surface area contributed by atoms with Crippen LogP contribution in [-0.2, 0) is 23.9 Å². The molecule has 3 unspecified atom stereocenters. The molecular weight excluding hydrogens is 388 g/mol. The van der Waals surface area contributed by atoms with Gasteiger partial charge in [-0.3, -0.25) is 9.59 Å². The summed E-state index contributed by atoms with van der Waals surface area (Å²) in [6.07, 6.45) is -0.413. The molecule has 0 aromatic heterocycles. The molecule has 1 aliphatic rings. The van der Waals surface area contributed by atoms with Crippen molar-refractivity contribution in [3.63, 3.8) is 0 Å². The molecule has 0 radical (unpaired) electrons. The molecule has 1 saturated carbocycles. The van der Waals surface area contributed by atoms with E-state index in [0.717, 1.165) is 0 Å². The zero-order valence-electron chi connectivity index (χ0n) is 9.97. The number of hydrogen-bond acceptors (Lipinski definition) is 6. The molecule has 0 spiro atoms. The first-order valence-corrected chi connectivity index (χ1v) is 7.94. The van der Waals surface area contributed by atoms with Crippen molar-refractivity contribution in [2.75, 3.05) is 10.7 Å². The van der Waals surface area contributed by atoms with Crippen molar-refractivity contribution in [1.29, 1.82) is 0 Å². The smallest absolute Gasteiger partial charge is 0.316 e. The van der Waals surface area contributed by atoms with E-state index in [1.54, 1.807) is 0 Å². The molecule has 1 fully saturated rings. The Labute approximate surface area is 127 Å². The molecule has 19 heavy (non-hydrogen) atoms. The molecule has 1 aliphatic carbocycles. The minimum atomic E-state index is -1.25. The van der Waals surface area contributed by atoms with Gasteiger partial charge in [-0.1, -0.05) is 31.9 Å². The molecule has 0 aromatic carbocycles. The number of carboxylic acids is 1. The maximum absolute atomic E-state index is 11.2. The van der Waals surface area contributed by atoms with Gasteiger partial charge in [0.05, 0.1) is 0 Å². The van der Waals surface area contributed by atoms with Crippen molar-refractivity contribution in [2.45, 2.75) is 31.5 Å². The highest BCUT2D eigenvalue weighted by Gasteiger charge is 2.35. The van der Waals surface area contributed by atoms with Gasteiger partial charge in [0.15, 0.2) is 0 Å². The fraction of sp³-hybridized carbons (Fsp3) is 0.727. The monoisotopic (exact) mass is 399 g/mol. The molecule has 3 atom stereocenters. The van der Waals surface area contributed by atoms with Gasteiger partial charge in [-0.05, 0) is 12.8 Å². The van der Waals surface area contributed by atoms with E-state index >= 15 is 0 Å². The average molecular weight is 401 g/mol. The van der Waals surface area contributed by atoms with Gasteiger partial charge in [0.25, 0.3) is 0 Å². The highest BCUT2D eigenvalue weighted by atomic mass is 79.9. The summed E-state index contributed by atoms with van der Waals surface area (Å²) in [7, 11) is 0. The number of rotatable bonds is 5. The number of halogens is 2. The van der Waals surface area contributed by atoms with Crippen LogP contribution in [0.1, 0.15) is 19.3 Å². The van der Waals surface area contributed by atoms with Crippen LogP contribution in [0.15, 0.2) is 0 Å². The first-order valence-electron chi connectivity index (χ1n) is 5.69. The van der Waals surface area contributed by atoms with Crippen molar-refractivity contribution in [1.82, 2.24) is 0 Å². The molecule has 0 heterocycles. The fourth-order valence-electron chi connectivity index (χ4n) is 2.02. The molecule has 0 aliphatic heterocycles. The van der Waals surface area contributed by atoms with Crippen molar-refractivity contribution < 1.29 is 29.0 Å². The highest BCUT2D eigenvalue weighted by Crippen LogP contribution is 2.29. The first-order chi connectivity index (χ1) is 8.97. The van der Waals surface area contributed by atoms with E-state index in [1.165, 1.54) is 0 Å². The van der Waals surface area contributed by atoms with Gasteiger partial charge in [0.1, 0.15) is 22.9 Å². The molecule has 6 nitrogen and oxygen atoms in total. The van der Waals surface area contributed by atoms with Crippen LogP contribution < -0.4 is 5.11 Å². The van der Waals surface area contributed by atoms with Crippen molar-refractivity contribution >= 4 is 49.8 Å². The minimum absolute atomic E-state index is 0.0187. The highest BCUT2D eigenvalue weighted by molar-refractivity contribution is 9.09. The number of carbonyl (C=O) groups is 3. The number of alkyl halides is 2. The average Bonchev–Trinajstić information content (AvgIpc) is 2.38. The van der Waals surface area contributed by atoms with Crippen LogP contribution in [0.2, 0.25) is 0 Å². The standard InChI is InChI=1S/C11H14Br2O6/c12-4-9(14)18-6-1-2-7(11(16)17)8(3-6)19-10(15)5-13/h6-8H,1-5H2,(H,16,17)/p-1. The van der Waals surface area contributed by atoms with Crippen LogP contribution in [0.3, 0.4) is 0 Å². The summed E-state index contributed by atoms with van der Waals surface area (Å²) in [5.74, 6) is -3.09. The number of carboxylic acid groups (broad SMARTS) is 1. The number of ether oxygens (including phenoxy) is 2. The summed E-state index contributed by atoms with van der Waals surface area (Å²) in [5, 5.41) is 11.0. The zero-order chi connectivity index (χ0) is 14.4. The van der Waals surface area contributed by atoms with Gasteiger partial charge in [-0.15, -0.1) is 0 Å². The summed E-state index contributed by atoms with van der Waals surface area (Å²) in [6, 6.07) is 0. The van der Waals surface area contributed by atoms with Crippen LogP contribution in [0, 0.1) is 5.92 Å². The topological polar surface area (TPSA) is 92.7 Å². The molecular formula is C11H13Br2O6-. The van der Waals surface area contributed by atoms with E-state index in [9.17, 15) is 19.5 Å². The molecule has 8 heteroatoms. The van der Waals surface area contributed by atoms with E-state index in [4.69, 9.17) is 9.47 Å². The molecule has 0 amide bonds. The van der Waals surface area contributed by atoms with Gasteiger partial charge in [0.2, 0.25) is 0 Å². The Kier molecular flexibility index (Phi) is 6.78. The van der Waals surface area contributed by atoms with Crippen LogP contribution in [0.25, 0.3) is 0 Å². The number of carbonyl (C=O) groups excluding carboxylic acids is 3. The second-order valence-electron chi connectivity index (χ2n) is 4.15. The van der Waals surface area contributed by atoms with Crippen LogP contribution >= 0.6 is 31.9 Å². The Hall–Kier alpha value is -0.630. The van der Waals surface area contributed by atoms with Gasteiger partial charge in [0, 0.05) is 18.3 Å². The third-order valence-electron chi connectivity index (χ3n) is 2.85. The van der Waals surface area contributed by atoms with E-state index in [2.05, 4.69) is 31.9 Å². The molecule has 108 valence electrons. The molecule has 0 N–H and O–H groups in total. The first kappa shape index (κ1) is 16.4. The predicted octanol–water partition coefficient (Wildman–Crippen LogP) is 0.150. The SMILES string of the molecule is O=C(CBr)OC1CCC(C(=O)[O-])C(OC(=O)CBr)C1. The van der Waals surface area contributed by atoms with Gasteiger partial charge < -0.3 is 19.4 Å². The third-order valence-corrected chi connectivity index (χ3v) is 3.76. The minimum Gasteiger partial charge on any atom is -0.550 e. The summed E-state index contributed by atoms with van der Waals surface area (Å²) in [6.45, 7) is 0. The Morgan fingerprint density at radius 2 is 1.63 bits per heavy atom. The Balaban J connectivity index is 2.65. The lowest BCUT2D eigenvalue weighted by molar-refractivity contribution is -0.315. The summed E-state index contributed by atoms with van der Waals surface area (Å²) >= 11 is 5.91. The maximum atomic E-state index is 11.2. The number of esters is 2. The van der Waals surface area contributed by atoms with Gasteiger partial charge in [-0.25, -0.2) is 0 Å². The zero-order valence-corrected chi connectivity index (χ0v) is 13.1. The molecule has 0 aromatic rings. The predicted molar refractivity (Wildman–Crippen MR) is 69.7 cm³/mol. The number of aliphatic carboxylic acids is 1. The second-order valence-corrected chi connectivity index (χ2v) is 5.27. The van der Waals surface area contributed by atoms with Crippen molar-refractivity contribution in [3.05, 3.63) is 0 Å². The van der Waals surface area contributed by atoms with E-state index in [1.807, 2.05) is 0 Å². The second kappa shape index (κ2) is 7.84. The van der Waals surface area contributed by atoms with E-state index in [-0.39, 0.29) is 23.5 Å². The lowest BCUT2D eigenvalue weighted by Gasteiger charge is -2.35. The Bertz CT molecular complexity index is 359. The molecule has 1 rings (SSSR count). The van der Waals surface area contributed by atoms with Crippen LogP contribution in [0.5, 0.6) is 0 Å². The van der Waals surface area contributed by atoms with Crippen molar-refractivity contribution in [3.8, 4) is 0 Å². The summed E-state index contributed by atoms with van der Waals surface area (Å²) in [4.78, 5) is 33.4.